The molecule has 0 aliphatic heterocycles. The van der Waals surface area contributed by atoms with Crippen LogP contribution in [0.5, 0.6) is 0 Å². The molecule has 0 saturated heterocycles. The van der Waals surface area contributed by atoms with E-state index in [1.807, 2.05) is 6.92 Å². The molecule has 0 radical (unpaired) electrons. The lowest BCUT2D eigenvalue weighted by molar-refractivity contribution is 0.0951. The predicted molar refractivity (Wildman–Crippen MR) is 52.3 cm³/mol. The van der Waals surface area contributed by atoms with Crippen molar-refractivity contribution in [3.63, 3.8) is 0 Å². The van der Waals surface area contributed by atoms with Crippen LogP contribution < -0.4 is 5.32 Å². The van der Waals surface area contributed by atoms with Gasteiger partial charge in [-0.3, -0.25) is 4.79 Å². The number of rotatable bonds is 2. The number of nitrogens with one attached hydrogen (secondary N) is 1. The molecule has 13 heavy (non-hydrogen) atoms. The molecule has 1 heterocycles. The molecule has 3 nitrogen and oxygen atoms in total. The van der Waals surface area contributed by atoms with Gasteiger partial charge in [-0.2, -0.15) is 0 Å². The zero-order valence-corrected chi connectivity index (χ0v) is 8.49. The molecule has 0 aromatic carbocycles. The Balaban J connectivity index is 2.94. The molecule has 1 amide bonds. The fourth-order valence-electron chi connectivity index (χ4n) is 0.833. The predicted octanol–water partition coefficient (Wildman–Crippen LogP) is 2.14. The smallest absolute Gasteiger partial charge is 0.269 e. The van der Waals surface area contributed by atoms with Gasteiger partial charge in [0, 0.05) is 11.6 Å². The number of nitrogens with zero attached hydrogens (tertiary/aromatic N) is 1. The molecule has 0 aliphatic carbocycles. The molecule has 0 atom stereocenters. The summed E-state index contributed by atoms with van der Waals surface area (Å²) in [6, 6.07) is 2.95. The first-order valence-corrected chi connectivity index (χ1v) is 4.50. The van der Waals surface area contributed by atoms with Gasteiger partial charge in [0.2, 0.25) is 0 Å². The number of aromatic nitrogens is 1. The zero-order valence-electron chi connectivity index (χ0n) is 6.97. The van der Waals surface area contributed by atoms with Crippen molar-refractivity contribution in [3.05, 3.63) is 28.0 Å². The molecule has 0 saturated carbocycles. The highest BCUT2D eigenvalue weighted by Crippen LogP contribution is 2.15. The van der Waals surface area contributed by atoms with Gasteiger partial charge in [-0.25, -0.2) is 4.98 Å². The minimum atomic E-state index is -0.271. The molecular formula is C8H8Cl2N2O. The highest BCUT2D eigenvalue weighted by molar-refractivity contribution is 6.34. The summed E-state index contributed by atoms with van der Waals surface area (Å²) in [5, 5.41) is 3.22. The van der Waals surface area contributed by atoms with Gasteiger partial charge in [-0.05, 0) is 19.1 Å². The first-order valence-electron chi connectivity index (χ1n) is 3.74. The summed E-state index contributed by atoms with van der Waals surface area (Å²) >= 11 is 11.3. The lowest BCUT2D eigenvalue weighted by Crippen LogP contribution is -2.23. The Morgan fingerprint density at radius 2 is 2.23 bits per heavy atom. The van der Waals surface area contributed by atoms with Crippen LogP contribution in [0.15, 0.2) is 12.1 Å². The quantitative estimate of drug-likeness (QED) is 0.774. The molecule has 70 valence electrons. The van der Waals surface area contributed by atoms with Crippen molar-refractivity contribution in [2.24, 2.45) is 0 Å². The third kappa shape index (κ3) is 2.86. The zero-order chi connectivity index (χ0) is 9.84. The van der Waals surface area contributed by atoms with E-state index in [4.69, 9.17) is 23.2 Å². The summed E-state index contributed by atoms with van der Waals surface area (Å²) in [6.07, 6.45) is 0. The third-order valence-corrected chi connectivity index (χ3v) is 1.74. The topological polar surface area (TPSA) is 42.0 Å². The largest absolute Gasteiger partial charge is 0.351 e. The van der Waals surface area contributed by atoms with Crippen LogP contribution in [-0.2, 0) is 0 Å². The Morgan fingerprint density at radius 1 is 1.54 bits per heavy atom. The van der Waals surface area contributed by atoms with Gasteiger partial charge >= 0.3 is 0 Å². The van der Waals surface area contributed by atoms with E-state index in [0.717, 1.165) is 0 Å². The summed E-state index contributed by atoms with van der Waals surface area (Å²) in [7, 11) is 0. The first-order chi connectivity index (χ1) is 6.13. The molecule has 0 fully saturated rings. The molecule has 1 aromatic rings. The van der Waals surface area contributed by atoms with Crippen molar-refractivity contribution in [2.45, 2.75) is 6.92 Å². The van der Waals surface area contributed by atoms with Crippen molar-refractivity contribution >= 4 is 29.1 Å². The van der Waals surface area contributed by atoms with Crippen LogP contribution in [0, 0.1) is 0 Å². The molecule has 1 rings (SSSR count). The summed E-state index contributed by atoms with van der Waals surface area (Å²) in [6.45, 7) is 2.37. The van der Waals surface area contributed by atoms with Crippen molar-refractivity contribution in [3.8, 4) is 0 Å². The Bertz CT molecular complexity index is 308. The highest BCUT2D eigenvalue weighted by Gasteiger charge is 2.07. The molecule has 0 aliphatic rings. The average molecular weight is 219 g/mol. The lowest BCUT2D eigenvalue weighted by Gasteiger charge is -2.01. The Hall–Kier alpha value is -0.800. The first kappa shape index (κ1) is 10.3. The maximum Gasteiger partial charge on any atom is 0.269 e. The van der Waals surface area contributed by atoms with Gasteiger partial charge in [-0.15, -0.1) is 0 Å². The number of carbonyl (C=O) groups excluding carboxylic acids is 1. The molecule has 1 N–H and O–H groups in total. The van der Waals surface area contributed by atoms with E-state index in [2.05, 4.69) is 10.3 Å². The lowest BCUT2D eigenvalue weighted by atomic mass is 10.3. The molecule has 1 aromatic heterocycles. The van der Waals surface area contributed by atoms with E-state index < -0.39 is 0 Å². The maximum atomic E-state index is 11.3. The Kier molecular flexibility index (Phi) is 3.51. The maximum absolute atomic E-state index is 11.3. The SMILES string of the molecule is CCNC(=O)c1cc(Cl)cc(Cl)n1. The second-order valence-electron chi connectivity index (χ2n) is 2.35. The number of hydrogen-bond acceptors (Lipinski definition) is 2. The summed E-state index contributed by atoms with van der Waals surface area (Å²) in [5.74, 6) is -0.271. The van der Waals surface area contributed by atoms with E-state index >= 15 is 0 Å². The number of pyridine rings is 1. The second-order valence-corrected chi connectivity index (χ2v) is 3.18. The minimum Gasteiger partial charge on any atom is -0.351 e. The number of amides is 1. The van der Waals surface area contributed by atoms with Crippen molar-refractivity contribution < 1.29 is 4.79 Å². The van der Waals surface area contributed by atoms with E-state index in [0.29, 0.717) is 11.6 Å². The molecule has 0 bridgehead atoms. The second kappa shape index (κ2) is 4.44. The fourth-order valence-corrected chi connectivity index (χ4v) is 1.30. The third-order valence-electron chi connectivity index (χ3n) is 1.33. The van der Waals surface area contributed by atoms with Gasteiger partial charge in [0.1, 0.15) is 10.8 Å². The van der Waals surface area contributed by atoms with Gasteiger partial charge in [0.15, 0.2) is 0 Å². The normalized spacial score (nSPS) is 9.77. The van der Waals surface area contributed by atoms with Crippen molar-refractivity contribution in [2.75, 3.05) is 6.54 Å². The van der Waals surface area contributed by atoms with E-state index in [-0.39, 0.29) is 16.8 Å². The van der Waals surface area contributed by atoms with Crippen molar-refractivity contribution in [1.29, 1.82) is 0 Å². The van der Waals surface area contributed by atoms with Crippen LogP contribution in [0.25, 0.3) is 0 Å². The van der Waals surface area contributed by atoms with E-state index in [9.17, 15) is 4.79 Å². The summed E-state index contributed by atoms with van der Waals surface area (Å²) in [5.41, 5.74) is 0.236. The number of carbonyl (C=O) groups is 1. The van der Waals surface area contributed by atoms with E-state index in [1.165, 1.54) is 12.1 Å². The monoisotopic (exact) mass is 218 g/mol. The van der Waals surface area contributed by atoms with Gasteiger partial charge in [0.05, 0.1) is 0 Å². The minimum absolute atomic E-state index is 0.216. The molecule has 0 spiro atoms. The van der Waals surface area contributed by atoms with Crippen LogP contribution in [0.3, 0.4) is 0 Å². The van der Waals surface area contributed by atoms with E-state index in [1.54, 1.807) is 0 Å². The summed E-state index contributed by atoms with van der Waals surface area (Å²) in [4.78, 5) is 15.1. The van der Waals surface area contributed by atoms with Gasteiger partial charge in [0.25, 0.3) is 5.91 Å². The van der Waals surface area contributed by atoms with Crippen LogP contribution >= 0.6 is 23.2 Å². The molecule has 5 heteroatoms. The molecular weight excluding hydrogens is 211 g/mol. The van der Waals surface area contributed by atoms with Crippen molar-refractivity contribution in [1.82, 2.24) is 10.3 Å². The van der Waals surface area contributed by atoms with Crippen LogP contribution in [0.1, 0.15) is 17.4 Å². The number of hydrogen-bond donors (Lipinski definition) is 1. The van der Waals surface area contributed by atoms with Gasteiger partial charge < -0.3 is 5.32 Å². The van der Waals surface area contributed by atoms with Gasteiger partial charge in [-0.1, -0.05) is 23.2 Å². The summed E-state index contributed by atoms with van der Waals surface area (Å²) < 4.78 is 0. The standard InChI is InChI=1S/C8H8Cl2N2O/c1-2-11-8(13)6-3-5(9)4-7(10)12-6/h3-4H,2H2,1H3,(H,11,13). The highest BCUT2D eigenvalue weighted by atomic mass is 35.5. The fraction of sp³-hybridized carbons (Fsp3) is 0.250. The Morgan fingerprint density at radius 3 is 2.77 bits per heavy atom. The molecule has 0 unspecified atom stereocenters. The van der Waals surface area contributed by atoms with Crippen LogP contribution in [0.2, 0.25) is 10.2 Å². The number of halogens is 2. The Labute approximate surface area is 86.1 Å². The van der Waals surface area contributed by atoms with Crippen LogP contribution in [-0.4, -0.2) is 17.4 Å². The van der Waals surface area contributed by atoms with Crippen LogP contribution in [0.4, 0.5) is 0 Å². The average Bonchev–Trinajstić information content (AvgIpc) is 2.03.